The lowest BCUT2D eigenvalue weighted by molar-refractivity contribution is -0.296. The van der Waals surface area contributed by atoms with Crippen LogP contribution in [0.1, 0.15) is 47.0 Å². The molecule has 0 aromatic carbocycles. The summed E-state index contributed by atoms with van der Waals surface area (Å²) < 4.78 is 34.2. The first kappa shape index (κ1) is 35.1. The maximum Gasteiger partial charge on any atom is 0.348 e. The third-order valence-electron chi connectivity index (χ3n) is 11.7. The Morgan fingerprint density at radius 1 is 1.02 bits per heavy atom. The van der Waals surface area contributed by atoms with Crippen molar-refractivity contribution in [2.24, 2.45) is 34.5 Å². The number of Topliss-reactive ketones (excluding diaryl/α,β-unsaturated/α-hetero) is 1. The van der Waals surface area contributed by atoms with Gasteiger partial charge in [-0.1, -0.05) is 20.8 Å². The summed E-state index contributed by atoms with van der Waals surface area (Å²) in [5.74, 6) is -6.74. The first-order valence-corrected chi connectivity index (χ1v) is 16.2. The summed E-state index contributed by atoms with van der Waals surface area (Å²) in [5.41, 5.74) is -4.55. The number of esters is 3. The number of aliphatic hydroxyl groups is 6. The van der Waals surface area contributed by atoms with Gasteiger partial charge in [0, 0.05) is 24.2 Å². The molecule has 6 aliphatic rings. The molecule has 268 valence electrons. The van der Waals surface area contributed by atoms with E-state index in [0.29, 0.717) is 5.57 Å². The van der Waals surface area contributed by atoms with Crippen molar-refractivity contribution in [3.63, 3.8) is 0 Å². The van der Waals surface area contributed by atoms with Gasteiger partial charge in [0.25, 0.3) is 0 Å². The van der Waals surface area contributed by atoms with Crippen LogP contribution in [-0.2, 0) is 47.6 Å². The SMILES string of the molecule is COC(=O)[C@@]12OC[C@]34[C@H]([C@@H](O)[C@@H]1O)[C@@]1(C)CC(=O)C(O[C@@H]5O[C@H](CO)[C@@H](O)[C@H](O)[C@H]5O)=C(C)[C@@H]1C[C@H]3OC(=O)[C@H](OC(=O)CC(C)C)[C@H]24. The molecule has 3 heterocycles. The molecule has 1 spiro atoms. The predicted octanol–water partition coefficient (Wildman–Crippen LogP) is -2.14. The Morgan fingerprint density at radius 3 is 2.33 bits per heavy atom. The number of rotatable bonds is 7. The molecule has 3 saturated heterocycles. The molecule has 0 aromatic rings. The quantitative estimate of drug-likeness (QED) is 0.124. The van der Waals surface area contributed by atoms with E-state index in [1.54, 1.807) is 27.7 Å². The molecule has 48 heavy (non-hydrogen) atoms. The van der Waals surface area contributed by atoms with Crippen molar-refractivity contribution in [1.82, 2.24) is 0 Å². The van der Waals surface area contributed by atoms with Gasteiger partial charge in [-0.2, -0.15) is 0 Å². The second-order valence-corrected chi connectivity index (χ2v) is 14.7. The lowest BCUT2D eigenvalue weighted by Crippen LogP contribution is -2.79. The molecule has 0 radical (unpaired) electrons. The Labute approximate surface area is 275 Å². The van der Waals surface area contributed by atoms with E-state index in [-0.39, 0.29) is 37.5 Å². The summed E-state index contributed by atoms with van der Waals surface area (Å²) in [6.45, 7) is 5.88. The van der Waals surface area contributed by atoms with E-state index in [1.165, 1.54) is 0 Å². The van der Waals surface area contributed by atoms with Crippen molar-refractivity contribution < 1.29 is 78.2 Å². The third kappa shape index (κ3) is 4.63. The normalized spacial score (nSPS) is 48.0. The third-order valence-corrected chi connectivity index (χ3v) is 11.7. The molecule has 16 heteroatoms. The fourth-order valence-corrected chi connectivity index (χ4v) is 9.81. The Kier molecular flexibility index (Phi) is 8.76. The van der Waals surface area contributed by atoms with Crippen molar-refractivity contribution in [1.29, 1.82) is 0 Å². The van der Waals surface area contributed by atoms with E-state index >= 15 is 0 Å². The van der Waals surface area contributed by atoms with E-state index in [2.05, 4.69) is 0 Å². The van der Waals surface area contributed by atoms with Gasteiger partial charge in [0.1, 0.15) is 36.6 Å². The standard InChI is InChI=1S/C32H44O16/c1-11(2)6-17(35)47-23-25-31-10-44-32(25,29(42)43-5)26(40)21(39)24(31)30(4)8-14(34)22(12(3)13(30)7-16(31)46-27(23)41)48-28-20(38)19(37)18(36)15(9-33)45-28/h11,13,15-16,18-21,23-26,28,33,36-40H,6-10H2,1-5H3/t13-,15+,16+,18+,19-,20+,21+,23+,24+,25-,26-,28-,30-,31+,32-/m0/s1. The zero-order chi connectivity index (χ0) is 35.2. The molecule has 6 rings (SSSR count). The lowest BCUT2D eigenvalue weighted by Gasteiger charge is -2.67. The van der Waals surface area contributed by atoms with Crippen molar-refractivity contribution in [2.45, 2.75) is 108 Å². The van der Waals surface area contributed by atoms with Crippen LogP contribution in [0.5, 0.6) is 0 Å². The van der Waals surface area contributed by atoms with Gasteiger partial charge < -0.3 is 59.1 Å². The Balaban J connectivity index is 1.44. The van der Waals surface area contributed by atoms with Crippen molar-refractivity contribution >= 4 is 23.7 Å². The summed E-state index contributed by atoms with van der Waals surface area (Å²) in [6, 6.07) is 0. The molecule has 3 aliphatic heterocycles. The molecule has 15 atom stereocenters. The molecule has 6 N–H and O–H groups in total. The second kappa shape index (κ2) is 12.0. The fraction of sp³-hybridized carbons (Fsp3) is 0.812. The van der Waals surface area contributed by atoms with Crippen LogP contribution < -0.4 is 0 Å². The maximum atomic E-state index is 14.0. The van der Waals surface area contributed by atoms with Crippen LogP contribution in [-0.4, -0.2) is 135 Å². The van der Waals surface area contributed by atoms with Crippen molar-refractivity contribution in [2.75, 3.05) is 20.3 Å². The first-order chi connectivity index (χ1) is 22.5. The Hall–Kier alpha value is -2.70. The maximum absolute atomic E-state index is 14.0. The predicted molar refractivity (Wildman–Crippen MR) is 155 cm³/mol. The number of methoxy groups -OCH3 is 1. The first-order valence-electron chi connectivity index (χ1n) is 16.2. The van der Waals surface area contributed by atoms with Crippen molar-refractivity contribution in [3.8, 4) is 0 Å². The minimum atomic E-state index is -2.30. The zero-order valence-corrected chi connectivity index (χ0v) is 27.3. The molecule has 2 saturated carbocycles. The minimum Gasteiger partial charge on any atom is -0.467 e. The summed E-state index contributed by atoms with van der Waals surface area (Å²) in [7, 11) is 1.07. The molecule has 16 nitrogen and oxygen atoms in total. The Morgan fingerprint density at radius 2 is 1.71 bits per heavy atom. The number of carbonyl (C=O) groups excluding carboxylic acids is 4. The largest absolute Gasteiger partial charge is 0.467 e. The number of carbonyl (C=O) groups is 4. The van der Waals surface area contributed by atoms with Crippen molar-refractivity contribution in [3.05, 3.63) is 11.3 Å². The van der Waals surface area contributed by atoms with Gasteiger partial charge in [0.2, 0.25) is 18.0 Å². The molecule has 2 bridgehead atoms. The summed E-state index contributed by atoms with van der Waals surface area (Å²) in [5, 5.41) is 64.4. The molecule has 5 fully saturated rings. The van der Waals surface area contributed by atoms with E-state index in [0.717, 1.165) is 7.11 Å². The highest BCUT2D eigenvalue weighted by atomic mass is 16.7. The van der Waals surface area contributed by atoms with E-state index < -0.39 is 120 Å². The van der Waals surface area contributed by atoms with Gasteiger partial charge in [-0.25, -0.2) is 9.59 Å². The molecule has 0 aromatic heterocycles. The Bertz CT molecular complexity index is 1390. The number of ether oxygens (including phenoxy) is 6. The summed E-state index contributed by atoms with van der Waals surface area (Å²) >= 11 is 0. The highest BCUT2D eigenvalue weighted by molar-refractivity contribution is 5.96. The lowest BCUT2D eigenvalue weighted by atomic mass is 9.38. The highest BCUT2D eigenvalue weighted by Gasteiger charge is 2.85. The van der Waals surface area contributed by atoms with Gasteiger partial charge in [-0.3, -0.25) is 9.59 Å². The van der Waals surface area contributed by atoms with E-state index in [4.69, 9.17) is 28.4 Å². The van der Waals surface area contributed by atoms with Gasteiger partial charge in [0.15, 0.2) is 11.5 Å². The topological polar surface area (TPSA) is 245 Å². The molecular formula is C32H44O16. The van der Waals surface area contributed by atoms with Gasteiger partial charge in [-0.15, -0.1) is 0 Å². The second-order valence-electron chi connectivity index (χ2n) is 14.7. The monoisotopic (exact) mass is 684 g/mol. The van der Waals surface area contributed by atoms with Crippen LogP contribution >= 0.6 is 0 Å². The number of allylic oxidation sites excluding steroid dienone is 2. The molecule has 0 amide bonds. The van der Waals surface area contributed by atoms with Crippen LogP contribution in [0.15, 0.2) is 11.3 Å². The van der Waals surface area contributed by atoms with Crippen LogP contribution in [0.25, 0.3) is 0 Å². The smallest absolute Gasteiger partial charge is 0.348 e. The van der Waals surface area contributed by atoms with Gasteiger partial charge in [0.05, 0.1) is 32.3 Å². The molecular weight excluding hydrogens is 640 g/mol. The van der Waals surface area contributed by atoms with Crippen LogP contribution in [0, 0.1) is 34.5 Å². The van der Waals surface area contributed by atoms with Gasteiger partial charge >= 0.3 is 17.9 Å². The fourth-order valence-electron chi connectivity index (χ4n) is 9.81. The number of hydrogen-bond donors (Lipinski definition) is 6. The van der Waals surface area contributed by atoms with Gasteiger partial charge in [-0.05, 0) is 36.2 Å². The molecule has 0 unspecified atom stereocenters. The minimum absolute atomic E-state index is 0.0476. The van der Waals surface area contributed by atoms with E-state index in [9.17, 15) is 49.8 Å². The summed E-state index contributed by atoms with van der Waals surface area (Å²) in [4.78, 5) is 54.2. The van der Waals surface area contributed by atoms with Crippen LogP contribution in [0.3, 0.4) is 0 Å². The average Bonchev–Trinajstić information content (AvgIpc) is 3.33. The number of hydrogen-bond acceptors (Lipinski definition) is 16. The average molecular weight is 685 g/mol. The summed E-state index contributed by atoms with van der Waals surface area (Å²) in [6.07, 6.45) is -14.8. The van der Waals surface area contributed by atoms with Crippen LogP contribution in [0.2, 0.25) is 0 Å². The number of aliphatic hydroxyl groups excluding tert-OH is 6. The number of ketones is 1. The zero-order valence-electron chi connectivity index (χ0n) is 27.3. The van der Waals surface area contributed by atoms with E-state index in [1.807, 2.05) is 0 Å². The van der Waals surface area contributed by atoms with Crippen LogP contribution in [0.4, 0.5) is 0 Å². The molecule has 3 aliphatic carbocycles. The number of fused-ring (bicyclic) bond motifs is 2. The highest BCUT2D eigenvalue weighted by Crippen LogP contribution is 2.73.